The molecule has 4 heteroatoms. The Morgan fingerprint density at radius 3 is 2.90 bits per heavy atom. The van der Waals surface area contributed by atoms with Crippen molar-refractivity contribution in [3.63, 3.8) is 0 Å². The van der Waals surface area contributed by atoms with Crippen LogP contribution in [0.25, 0.3) is 0 Å². The van der Waals surface area contributed by atoms with Crippen LogP contribution in [0.1, 0.15) is 52.4 Å². The average molecular weight is 306 g/mol. The number of unbranched alkanes of at least 4 members (excludes halogenated alkanes) is 4. The van der Waals surface area contributed by atoms with Gasteiger partial charge in [-0.1, -0.05) is 39.0 Å². The van der Waals surface area contributed by atoms with Crippen molar-refractivity contribution in [3.8, 4) is 0 Å². The maximum absolute atomic E-state index is 11.4. The van der Waals surface area contributed by atoms with Crippen molar-refractivity contribution in [1.29, 1.82) is 0 Å². The van der Waals surface area contributed by atoms with E-state index in [1.54, 1.807) is 11.8 Å². The van der Waals surface area contributed by atoms with Crippen LogP contribution < -0.4 is 10.6 Å². The number of nitrogens with one attached hydrogen (secondary N) is 2. The lowest BCUT2D eigenvalue weighted by atomic mass is 10.1. The zero-order valence-corrected chi connectivity index (χ0v) is 13.9. The van der Waals surface area contributed by atoms with Crippen LogP contribution in [-0.2, 0) is 4.79 Å². The van der Waals surface area contributed by atoms with Gasteiger partial charge in [-0.2, -0.15) is 0 Å². The molecule has 0 fully saturated rings. The summed E-state index contributed by atoms with van der Waals surface area (Å²) in [6.07, 6.45) is 7.81. The fourth-order valence-corrected chi connectivity index (χ4v) is 3.37. The number of benzene rings is 1. The van der Waals surface area contributed by atoms with E-state index in [-0.39, 0.29) is 5.91 Å². The summed E-state index contributed by atoms with van der Waals surface area (Å²) >= 11 is 1.61. The molecule has 1 aliphatic rings. The normalized spacial score (nSPS) is 15.2. The molecule has 1 atom stereocenters. The summed E-state index contributed by atoms with van der Waals surface area (Å²) < 4.78 is 0. The van der Waals surface area contributed by atoms with E-state index in [0.717, 1.165) is 16.3 Å². The maximum Gasteiger partial charge on any atom is 0.234 e. The number of carbonyl (C=O) groups excluding carboxylic acids is 1. The van der Waals surface area contributed by atoms with Crippen LogP contribution in [0.3, 0.4) is 0 Å². The molecule has 2 N–H and O–H groups in total. The quantitative estimate of drug-likeness (QED) is 0.672. The van der Waals surface area contributed by atoms with Crippen LogP contribution in [0.15, 0.2) is 23.1 Å². The third-order valence-electron chi connectivity index (χ3n) is 3.77. The van der Waals surface area contributed by atoms with E-state index in [4.69, 9.17) is 0 Å². The molecule has 21 heavy (non-hydrogen) atoms. The van der Waals surface area contributed by atoms with E-state index in [9.17, 15) is 4.79 Å². The van der Waals surface area contributed by atoms with Gasteiger partial charge in [-0.3, -0.25) is 4.79 Å². The lowest BCUT2D eigenvalue weighted by Crippen LogP contribution is -2.19. The number of hydrogen-bond acceptors (Lipinski definition) is 3. The molecule has 0 saturated carbocycles. The molecule has 0 radical (unpaired) electrons. The van der Waals surface area contributed by atoms with Crippen LogP contribution in [0.5, 0.6) is 0 Å². The highest BCUT2D eigenvalue weighted by molar-refractivity contribution is 8.00. The number of anilines is 2. The Bertz CT molecular complexity index is 476. The SMILES string of the molecule is CCCCCCCC(C)Nc1ccc2c(c1)NC(=O)CS2. The van der Waals surface area contributed by atoms with Gasteiger partial charge in [-0.25, -0.2) is 0 Å². The molecule has 116 valence electrons. The molecule has 1 unspecified atom stereocenters. The second-order valence-corrected chi connectivity index (χ2v) is 6.81. The number of rotatable bonds is 8. The first-order chi connectivity index (χ1) is 10.2. The van der Waals surface area contributed by atoms with Gasteiger partial charge in [0, 0.05) is 16.6 Å². The molecular weight excluding hydrogens is 280 g/mol. The predicted octanol–water partition coefficient (Wildman–Crippen LogP) is 4.89. The Labute approximate surface area is 132 Å². The minimum Gasteiger partial charge on any atom is -0.383 e. The zero-order chi connectivity index (χ0) is 15.1. The van der Waals surface area contributed by atoms with Gasteiger partial charge in [-0.05, 0) is 31.5 Å². The summed E-state index contributed by atoms with van der Waals surface area (Å²) in [6.45, 7) is 4.48. The summed E-state index contributed by atoms with van der Waals surface area (Å²) in [7, 11) is 0. The van der Waals surface area contributed by atoms with Crippen molar-refractivity contribution in [2.45, 2.75) is 63.3 Å². The van der Waals surface area contributed by atoms with Gasteiger partial charge >= 0.3 is 0 Å². The number of fused-ring (bicyclic) bond motifs is 1. The van der Waals surface area contributed by atoms with Gasteiger partial charge in [0.1, 0.15) is 0 Å². The van der Waals surface area contributed by atoms with E-state index < -0.39 is 0 Å². The van der Waals surface area contributed by atoms with Crippen LogP contribution in [-0.4, -0.2) is 17.7 Å². The molecule has 0 bridgehead atoms. The molecule has 0 aliphatic carbocycles. The molecule has 1 aliphatic heterocycles. The second-order valence-electron chi connectivity index (χ2n) is 5.80. The van der Waals surface area contributed by atoms with Gasteiger partial charge in [0.2, 0.25) is 5.91 Å². The molecule has 0 saturated heterocycles. The summed E-state index contributed by atoms with van der Waals surface area (Å²) in [5.74, 6) is 0.613. The van der Waals surface area contributed by atoms with E-state index in [0.29, 0.717) is 11.8 Å². The molecule has 0 aromatic heterocycles. The molecule has 1 aromatic rings. The second kappa shape index (κ2) is 8.32. The first kappa shape index (κ1) is 16.2. The van der Waals surface area contributed by atoms with Gasteiger partial charge < -0.3 is 10.6 Å². The van der Waals surface area contributed by atoms with Gasteiger partial charge in [0.25, 0.3) is 0 Å². The smallest absolute Gasteiger partial charge is 0.234 e. The average Bonchev–Trinajstić information content (AvgIpc) is 2.46. The Morgan fingerprint density at radius 1 is 1.29 bits per heavy atom. The predicted molar refractivity (Wildman–Crippen MR) is 92.3 cm³/mol. The highest BCUT2D eigenvalue weighted by atomic mass is 32.2. The third kappa shape index (κ3) is 5.27. The monoisotopic (exact) mass is 306 g/mol. The van der Waals surface area contributed by atoms with Gasteiger partial charge in [0.15, 0.2) is 0 Å². The molecular formula is C17H26N2OS. The summed E-state index contributed by atoms with van der Waals surface area (Å²) in [4.78, 5) is 12.6. The molecule has 1 amide bonds. The summed E-state index contributed by atoms with van der Waals surface area (Å²) in [5.41, 5.74) is 2.04. The summed E-state index contributed by atoms with van der Waals surface area (Å²) in [6, 6.07) is 6.72. The molecule has 3 nitrogen and oxygen atoms in total. The van der Waals surface area contributed by atoms with Crippen molar-refractivity contribution in [2.24, 2.45) is 0 Å². The zero-order valence-electron chi connectivity index (χ0n) is 13.1. The highest BCUT2D eigenvalue weighted by Crippen LogP contribution is 2.33. The standard InChI is InChI=1S/C17H26N2OS/c1-3-4-5-6-7-8-13(2)18-14-9-10-16-15(11-14)19-17(20)12-21-16/h9-11,13,18H,3-8,12H2,1-2H3,(H,19,20). The first-order valence-electron chi connectivity index (χ1n) is 8.02. The van der Waals surface area contributed by atoms with Crippen molar-refractivity contribution < 1.29 is 4.79 Å². The largest absolute Gasteiger partial charge is 0.383 e. The van der Waals surface area contributed by atoms with Crippen LogP contribution in [0, 0.1) is 0 Å². The van der Waals surface area contributed by atoms with Gasteiger partial charge in [-0.15, -0.1) is 11.8 Å². The van der Waals surface area contributed by atoms with Crippen LogP contribution in [0.4, 0.5) is 11.4 Å². The fraction of sp³-hybridized carbons (Fsp3) is 0.588. The number of carbonyl (C=O) groups is 1. The first-order valence-corrected chi connectivity index (χ1v) is 9.01. The van der Waals surface area contributed by atoms with Crippen molar-refractivity contribution in [3.05, 3.63) is 18.2 Å². The molecule has 1 aromatic carbocycles. The third-order valence-corrected chi connectivity index (χ3v) is 4.84. The number of amides is 1. The van der Waals surface area contributed by atoms with E-state index in [1.165, 1.54) is 38.5 Å². The molecule has 1 heterocycles. The fourth-order valence-electron chi connectivity index (χ4n) is 2.58. The van der Waals surface area contributed by atoms with Crippen molar-refractivity contribution in [2.75, 3.05) is 16.4 Å². The maximum atomic E-state index is 11.4. The lowest BCUT2D eigenvalue weighted by Gasteiger charge is -2.20. The Balaban J connectivity index is 1.80. The van der Waals surface area contributed by atoms with E-state index in [2.05, 4.69) is 36.6 Å². The van der Waals surface area contributed by atoms with E-state index >= 15 is 0 Å². The molecule has 0 spiro atoms. The van der Waals surface area contributed by atoms with Crippen LogP contribution >= 0.6 is 11.8 Å². The Hall–Kier alpha value is -1.16. The minimum atomic E-state index is 0.0913. The minimum absolute atomic E-state index is 0.0913. The highest BCUT2D eigenvalue weighted by Gasteiger charge is 2.15. The summed E-state index contributed by atoms with van der Waals surface area (Å²) in [5, 5.41) is 6.48. The lowest BCUT2D eigenvalue weighted by molar-refractivity contribution is -0.113. The number of hydrogen-bond donors (Lipinski definition) is 2. The van der Waals surface area contributed by atoms with Crippen molar-refractivity contribution >= 4 is 29.0 Å². The van der Waals surface area contributed by atoms with Crippen LogP contribution in [0.2, 0.25) is 0 Å². The Kier molecular flexibility index (Phi) is 6.43. The van der Waals surface area contributed by atoms with E-state index in [1.807, 2.05) is 6.07 Å². The molecule has 2 rings (SSSR count). The topological polar surface area (TPSA) is 41.1 Å². The van der Waals surface area contributed by atoms with Crippen molar-refractivity contribution in [1.82, 2.24) is 0 Å². The van der Waals surface area contributed by atoms with Gasteiger partial charge in [0.05, 0.1) is 11.4 Å². The Morgan fingerprint density at radius 2 is 2.10 bits per heavy atom. The number of thioether (sulfide) groups is 1.